The molecular formula is C8H14Te2. The second-order valence-electron chi connectivity index (χ2n) is 1.97. The summed E-state index contributed by atoms with van der Waals surface area (Å²) in [4.78, 5) is 0. The van der Waals surface area contributed by atoms with Crippen LogP contribution < -0.4 is 0 Å². The summed E-state index contributed by atoms with van der Waals surface area (Å²) in [6, 6.07) is 0. The third kappa shape index (κ3) is 5.81. The van der Waals surface area contributed by atoms with Gasteiger partial charge in [0.2, 0.25) is 0 Å². The van der Waals surface area contributed by atoms with Crippen molar-refractivity contribution < 1.29 is 0 Å². The zero-order valence-corrected chi connectivity index (χ0v) is 11.6. The van der Waals surface area contributed by atoms with E-state index in [1.807, 2.05) is 0 Å². The monoisotopic (exact) mass is 370 g/mol. The van der Waals surface area contributed by atoms with Gasteiger partial charge >= 0.3 is 81.2 Å². The zero-order valence-electron chi connectivity index (χ0n) is 6.97. The average Bonchev–Trinajstić information content (AvgIpc) is 1.99. The Hall–Kier alpha value is 1.06. The molecular weight excluding hydrogens is 351 g/mol. The van der Waals surface area contributed by atoms with Crippen molar-refractivity contribution in [3.8, 4) is 0 Å². The van der Waals surface area contributed by atoms with E-state index in [0.717, 1.165) is 0 Å². The van der Waals surface area contributed by atoms with E-state index in [0.29, 0.717) is 0 Å². The molecule has 0 aliphatic carbocycles. The molecule has 0 aromatic heterocycles. The summed E-state index contributed by atoms with van der Waals surface area (Å²) >= 11 is 0.547. The molecule has 0 aromatic rings. The minimum atomic E-state index is 0.273. The van der Waals surface area contributed by atoms with E-state index in [4.69, 9.17) is 0 Å². The number of hydrogen-bond acceptors (Lipinski definition) is 0. The van der Waals surface area contributed by atoms with Crippen molar-refractivity contribution in [2.24, 2.45) is 0 Å². The van der Waals surface area contributed by atoms with Crippen LogP contribution in [-0.2, 0) is 0 Å². The van der Waals surface area contributed by atoms with Crippen molar-refractivity contribution in [1.82, 2.24) is 0 Å². The molecule has 0 nitrogen and oxygen atoms in total. The molecule has 0 radical (unpaired) electrons. The van der Waals surface area contributed by atoms with Crippen LogP contribution in [0.5, 0.6) is 0 Å². The van der Waals surface area contributed by atoms with Gasteiger partial charge < -0.3 is 0 Å². The summed E-state index contributed by atoms with van der Waals surface area (Å²) in [6.07, 6.45) is 4.55. The van der Waals surface area contributed by atoms with Gasteiger partial charge in [0.05, 0.1) is 0 Å². The van der Waals surface area contributed by atoms with Gasteiger partial charge in [0.25, 0.3) is 0 Å². The van der Waals surface area contributed by atoms with Crippen molar-refractivity contribution in [3.05, 3.63) is 19.4 Å². The van der Waals surface area contributed by atoms with E-state index < -0.39 is 0 Å². The second-order valence-corrected chi connectivity index (χ2v) is 13.0. The summed E-state index contributed by atoms with van der Waals surface area (Å²) in [5.74, 6) is 0. The first kappa shape index (κ1) is 11.1. The van der Waals surface area contributed by atoms with E-state index >= 15 is 0 Å². The molecule has 0 spiro atoms. The molecule has 0 saturated carbocycles. The SMILES string of the molecule is C/C=C(/C)[Te][Te]/C(C)=C\C. The molecule has 58 valence electrons. The van der Waals surface area contributed by atoms with Crippen molar-refractivity contribution in [2.45, 2.75) is 27.7 Å². The molecule has 2 heteroatoms. The molecule has 0 N–H and O–H groups in total. The Balaban J connectivity index is 3.56. The quantitative estimate of drug-likeness (QED) is 0.673. The standard InChI is InChI=1S/C8H14Te2/c1-5-7(3)9-10-8(4)6-2/h5-6H,1-4H3/b7-5-,8-6-. The fourth-order valence-corrected chi connectivity index (χ4v) is 10.2. The number of allylic oxidation sites excluding steroid dienone is 4. The van der Waals surface area contributed by atoms with Crippen LogP contribution in [0.1, 0.15) is 27.7 Å². The predicted molar refractivity (Wildman–Crippen MR) is 50.4 cm³/mol. The van der Waals surface area contributed by atoms with Gasteiger partial charge in [-0.15, -0.1) is 0 Å². The van der Waals surface area contributed by atoms with Gasteiger partial charge in [0.15, 0.2) is 0 Å². The van der Waals surface area contributed by atoms with Crippen molar-refractivity contribution in [1.29, 1.82) is 0 Å². The van der Waals surface area contributed by atoms with Gasteiger partial charge in [-0.05, 0) is 0 Å². The number of hydrogen-bond donors (Lipinski definition) is 0. The van der Waals surface area contributed by atoms with Crippen LogP contribution in [-0.4, -0.2) is 34.1 Å². The first-order valence-corrected chi connectivity index (χ1v) is 13.0. The van der Waals surface area contributed by atoms with Crippen LogP contribution in [0, 0.1) is 0 Å². The van der Waals surface area contributed by atoms with Crippen LogP contribution in [0.2, 0.25) is 0 Å². The minimum absolute atomic E-state index is 0.273. The van der Waals surface area contributed by atoms with Gasteiger partial charge in [-0.2, -0.15) is 0 Å². The zero-order chi connectivity index (χ0) is 7.98. The topological polar surface area (TPSA) is 0 Å². The van der Waals surface area contributed by atoms with Gasteiger partial charge in [-0.1, -0.05) is 0 Å². The summed E-state index contributed by atoms with van der Waals surface area (Å²) in [5, 5.41) is 0. The van der Waals surface area contributed by atoms with Crippen molar-refractivity contribution in [3.63, 3.8) is 0 Å². The van der Waals surface area contributed by atoms with Crippen LogP contribution >= 0.6 is 0 Å². The molecule has 0 aliphatic heterocycles. The van der Waals surface area contributed by atoms with E-state index in [2.05, 4.69) is 39.8 Å². The Morgan fingerprint density at radius 3 is 1.40 bits per heavy atom. The fourth-order valence-electron chi connectivity index (χ4n) is 0.228. The maximum absolute atomic E-state index is 2.27. The fraction of sp³-hybridized carbons (Fsp3) is 0.500. The molecule has 0 saturated heterocycles. The Bertz CT molecular complexity index is 127. The maximum atomic E-state index is 2.27. The molecule has 0 atom stereocenters. The van der Waals surface area contributed by atoms with Crippen LogP contribution in [0.25, 0.3) is 0 Å². The van der Waals surface area contributed by atoms with Gasteiger partial charge in [-0.3, -0.25) is 0 Å². The molecule has 0 heterocycles. The van der Waals surface area contributed by atoms with Crippen LogP contribution in [0.15, 0.2) is 19.4 Å². The Kier molecular flexibility index (Phi) is 7.46. The van der Waals surface area contributed by atoms with Crippen molar-refractivity contribution >= 4 is 34.1 Å². The second kappa shape index (κ2) is 6.75. The molecule has 0 rings (SSSR count). The molecule has 10 heavy (non-hydrogen) atoms. The number of rotatable bonds is 3. The summed E-state index contributed by atoms with van der Waals surface area (Å²) in [7, 11) is 0. The summed E-state index contributed by atoms with van der Waals surface area (Å²) in [5.41, 5.74) is 0. The molecule has 0 aromatic carbocycles. The molecule has 0 unspecified atom stereocenters. The normalized spacial score (nSPS) is 14.0. The first-order chi connectivity index (χ1) is 4.70. The summed E-state index contributed by atoms with van der Waals surface area (Å²) < 4.78 is 3.35. The van der Waals surface area contributed by atoms with Crippen molar-refractivity contribution in [2.75, 3.05) is 0 Å². The van der Waals surface area contributed by atoms with E-state index in [1.54, 1.807) is 7.24 Å². The molecule has 0 aliphatic rings. The Labute approximate surface area is 80.5 Å². The third-order valence-corrected chi connectivity index (χ3v) is 15.9. The predicted octanol–water partition coefficient (Wildman–Crippen LogP) is 2.16. The van der Waals surface area contributed by atoms with Crippen LogP contribution in [0.3, 0.4) is 0 Å². The molecule has 0 amide bonds. The molecule has 0 bridgehead atoms. The third-order valence-electron chi connectivity index (χ3n) is 1.12. The van der Waals surface area contributed by atoms with E-state index in [9.17, 15) is 0 Å². The van der Waals surface area contributed by atoms with Gasteiger partial charge in [0, 0.05) is 0 Å². The Morgan fingerprint density at radius 1 is 0.900 bits per heavy atom. The van der Waals surface area contributed by atoms with Gasteiger partial charge in [0.1, 0.15) is 0 Å². The summed E-state index contributed by atoms with van der Waals surface area (Å²) in [6.45, 7) is 8.85. The van der Waals surface area contributed by atoms with Crippen LogP contribution in [0.4, 0.5) is 0 Å². The van der Waals surface area contributed by atoms with Gasteiger partial charge in [-0.25, -0.2) is 0 Å². The van der Waals surface area contributed by atoms with E-state index in [-0.39, 0.29) is 34.1 Å². The first-order valence-electron chi connectivity index (χ1n) is 3.31. The van der Waals surface area contributed by atoms with E-state index in [1.165, 1.54) is 0 Å². The Morgan fingerprint density at radius 2 is 1.20 bits per heavy atom. The average molecular weight is 365 g/mol. The molecule has 0 fully saturated rings.